The standard InChI is InChI=1S/C23H19N3O4S/c1-28-19-12-15-14-6-2-3-7-17(14)29-18(15)13-16(19)24-21(27)9-4-10-22-25-23(26-30-22)20-8-5-11-31-20/h2-3,5-8,11-13H,4,9-10H2,1H3,(H,24,27). The average molecular weight is 433 g/mol. The van der Waals surface area contributed by atoms with Crippen LogP contribution in [0.4, 0.5) is 5.69 Å². The highest BCUT2D eigenvalue weighted by molar-refractivity contribution is 7.13. The SMILES string of the molecule is COc1cc2c(cc1NC(=O)CCCc1nc(-c3cccs3)no1)oc1ccccc12. The molecule has 0 aliphatic heterocycles. The summed E-state index contributed by atoms with van der Waals surface area (Å²) in [7, 11) is 1.58. The number of hydrogen-bond acceptors (Lipinski definition) is 7. The second-order valence-electron chi connectivity index (χ2n) is 7.04. The summed E-state index contributed by atoms with van der Waals surface area (Å²) < 4.78 is 16.7. The zero-order chi connectivity index (χ0) is 21.2. The minimum Gasteiger partial charge on any atom is -0.495 e. The van der Waals surface area contributed by atoms with E-state index in [0.29, 0.717) is 48.0 Å². The third kappa shape index (κ3) is 3.89. The largest absolute Gasteiger partial charge is 0.495 e. The first-order chi connectivity index (χ1) is 15.2. The monoisotopic (exact) mass is 433 g/mol. The van der Waals surface area contributed by atoms with Crippen LogP contribution in [0.3, 0.4) is 0 Å². The first-order valence-electron chi connectivity index (χ1n) is 9.87. The summed E-state index contributed by atoms with van der Waals surface area (Å²) in [6.45, 7) is 0. The molecule has 0 radical (unpaired) electrons. The molecule has 7 nitrogen and oxygen atoms in total. The lowest BCUT2D eigenvalue weighted by molar-refractivity contribution is -0.116. The highest BCUT2D eigenvalue weighted by Gasteiger charge is 2.15. The first kappa shape index (κ1) is 19.3. The number of aryl methyl sites for hydroxylation is 1. The Bertz CT molecular complexity index is 1350. The van der Waals surface area contributed by atoms with Crippen LogP contribution in [0.5, 0.6) is 5.75 Å². The molecule has 1 amide bonds. The van der Waals surface area contributed by atoms with E-state index in [0.717, 1.165) is 21.2 Å². The van der Waals surface area contributed by atoms with Crippen molar-refractivity contribution in [2.24, 2.45) is 0 Å². The number of aromatic nitrogens is 2. The molecule has 0 spiro atoms. The molecule has 156 valence electrons. The highest BCUT2D eigenvalue weighted by atomic mass is 32.1. The van der Waals surface area contributed by atoms with Gasteiger partial charge in [-0.2, -0.15) is 4.98 Å². The predicted molar refractivity (Wildman–Crippen MR) is 119 cm³/mol. The van der Waals surface area contributed by atoms with Crippen LogP contribution in [-0.4, -0.2) is 23.2 Å². The summed E-state index contributed by atoms with van der Waals surface area (Å²) in [5.41, 5.74) is 2.07. The predicted octanol–water partition coefficient (Wildman–Crippen LogP) is 5.67. The Labute approximate surface area is 181 Å². The van der Waals surface area contributed by atoms with Crippen LogP contribution < -0.4 is 10.1 Å². The molecule has 2 aromatic carbocycles. The van der Waals surface area contributed by atoms with Crippen molar-refractivity contribution in [1.82, 2.24) is 10.1 Å². The van der Waals surface area contributed by atoms with E-state index in [2.05, 4.69) is 15.5 Å². The number of furan rings is 1. The Morgan fingerprint density at radius 1 is 1.13 bits per heavy atom. The van der Waals surface area contributed by atoms with Crippen LogP contribution in [0.1, 0.15) is 18.7 Å². The minimum atomic E-state index is -0.119. The van der Waals surface area contributed by atoms with Gasteiger partial charge in [-0.3, -0.25) is 4.79 Å². The molecule has 8 heteroatoms. The molecule has 5 rings (SSSR count). The van der Waals surface area contributed by atoms with Gasteiger partial charge in [0.2, 0.25) is 17.6 Å². The van der Waals surface area contributed by atoms with E-state index >= 15 is 0 Å². The summed E-state index contributed by atoms with van der Waals surface area (Å²) in [5.74, 6) is 1.58. The molecule has 0 bridgehead atoms. The van der Waals surface area contributed by atoms with Gasteiger partial charge in [-0.1, -0.05) is 29.4 Å². The molecule has 31 heavy (non-hydrogen) atoms. The van der Waals surface area contributed by atoms with Crippen LogP contribution in [0, 0.1) is 0 Å². The fourth-order valence-electron chi connectivity index (χ4n) is 3.49. The lowest BCUT2D eigenvalue weighted by atomic mass is 10.1. The van der Waals surface area contributed by atoms with E-state index < -0.39 is 0 Å². The number of anilines is 1. The third-order valence-electron chi connectivity index (χ3n) is 4.98. The maximum absolute atomic E-state index is 12.5. The summed E-state index contributed by atoms with van der Waals surface area (Å²) in [4.78, 5) is 17.9. The summed E-state index contributed by atoms with van der Waals surface area (Å²) in [6.07, 6.45) is 1.44. The topological polar surface area (TPSA) is 90.4 Å². The number of nitrogens with zero attached hydrogens (tertiary/aromatic N) is 2. The van der Waals surface area contributed by atoms with Crippen LogP contribution in [0.25, 0.3) is 32.6 Å². The van der Waals surface area contributed by atoms with Gasteiger partial charge in [0, 0.05) is 29.7 Å². The minimum absolute atomic E-state index is 0.119. The van der Waals surface area contributed by atoms with Crippen molar-refractivity contribution >= 4 is 44.9 Å². The van der Waals surface area contributed by atoms with Crippen molar-refractivity contribution in [2.45, 2.75) is 19.3 Å². The van der Waals surface area contributed by atoms with Crippen molar-refractivity contribution in [3.05, 3.63) is 59.8 Å². The van der Waals surface area contributed by atoms with Crippen molar-refractivity contribution < 1.29 is 18.5 Å². The van der Waals surface area contributed by atoms with E-state index in [9.17, 15) is 4.79 Å². The second kappa shape index (κ2) is 8.23. The molecule has 3 heterocycles. The van der Waals surface area contributed by atoms with Gasteiger partial charge in [0.1, 0.15) is 16.9 Å². The molecular formula is C23H19N3O4S. The van der Waals surface area contributed by atoms with Crippen LogP contribution >= 0.6 is 11.3 Å². The number of thiophene rings is 1. The van der Waals surface area contributed by atoms with Gasteiger partial charge in [-0.05, 0) is 30.0 Å². The molecule has 5 aromatic rings. The fraction of sp³-hybridized carbons (Fsp3) is 0.174. The number of fused-ring (bicyclic) bond motifs is 3. The van der Waals surface area contributed by atoms with E-state index in [1.165, 1.54) is 0 Å². The smallest absolute Gasteiger partial charge is 0.226 e. The zero-order valence-corrected chi connectivity index (χ0v) is 17.6. The Balaban J connectivity index is 1.25. The quantitative estimate of drug-likeness (QED) is 0.356. The molecule has 0 saturated heterocycles. The average Bonchev–Trinajstić information content (AvgIpc) is 3.52. The Morgan fingerprint density at radius 3 is 2.87 bits per heavy atom. The molecule has 0 fully saturated rings. The van der Waals surface area contributed by atoms with Crippen LogP contribution in [0.2, 0.25) is 0 Å². The number of ether oxygens (including phenoxy) is 1. The number of benzene rings is 2. The fourth-order valence-corrected chi connectivity index (χ4v) is 4.14. The van der Waals surface area contributed by atoms with Crippen molar-refractivity contribution in [3.8, 4) is 16.5 Å². The van der Waals surface area contributed by atoms with Gasteiger partial charge in [-0.15, -0.1) is 11.3 Å². The Kier molecular flexibility index (Phi) is 5.13. The van der Waals surface area contributed by atoms with E-state index in [1.807, 2.05) is 47.8 Å². The molecule has 0 unspecified atom stereocenters. The molecule has 0 aliphatic carbocycles. The van der Waals surface area contributed by atoms with Crippen molar-refractivity contribution in [1.29, 1.82) is 0 Å². The number of carbonyl (C=O) groups excluding carboxylic acids is 1. The van der Waals surface area contributed by atoms with Gasteiger partial charge in [0.25, 0.3) is 0 Å². The van der Waals surface area contributed by atoms with Gasteiger partial charge < -0.3 is 19.0 Å². The lowest BCUT2D eigenvalue weighted by Crippen LogP contribution is -2.12. The van der Waals surface area contributed by atoms with Crippen molar-refractivity contribution in [3.63, 3.8) is 0 Å². The van der Waals surface area contributed by atoms with Crippen LogP contribution in [-0.2, 0) is 11.2 Å². The summed E-state index contributed by atoms with van der Waals surface area (Å²) >= 11 is 1.56. The maximum atomic E-state index is 12.5. The number of methoxy groups -OCH3 is 1. The molecular weight excluding hydrogens is 414 g/mol. The Hall–Kier alpha value is -3.65. The van der Waals surface area contributed by atoms with E-state index in [4.69, 9.17) is 13.7 Å². The number of carbonyl (C=O) groups is 1. The molecule has 0 atom stereocenters. The molecule has 3 aromatic heterocycles. The molecule has 0 saturated carbocycles. The van der Waals surface area contributed by atoms with Gasteiger partial charge >= 0.3 is 0 Å². The lowest BCUT2D eigenvalue weighted by Gasteiger charge is -2.10. The first-order valence-corrected chi connectivity index (χ1v) is 10.7. The second-order valence-corrected chi connectivity index (χ2v) is 7.99. The van der Waals surface area contributed by atoms with Gasteiger partial charge in [-0.25, -0.2) is 0 Å². The summed E-state index contributed by atoms with van der Waals surface area (Å²) in [5, 5.41) is 10.8. The number of nitrogens with one attached hydrogen (secondary N) is 1. The van der Waals surface area contributed by atoms with E-state index in [1.54, 1.807) is 24.5 Å². The zero-order valence-electron chi connectivity index (χ0n) is 16.8. The number of rotatable bonds is 7. The highest BCUT2D eigenvalue weighted by Crippen LogP contribution is 2.36. The number of para-hydroxylation sites is 1. The van der Waals surface area contributed by atoms with Crippen LogP contribution in [0.15, 0.2) is 62.9 Å². The Morgan fingerprint density at radius 2 is 2.03 bits per heavy atom. The molecule has 1 N–H and O–H groups in total. The van der Waals surface area contributed by atoms with Gasteiger partial charge in [0.15, 0.2) is 0 Å². The van der Waals surface area contributed by atoms with Crippen molar-refractivity contribution in [2.75, 3.05) is 12.4 Å². The third-order valence-corrected chi connectivity index (χ3v) is 5.84. The maximum Gasteiger partial charge on any atom is 0.226 e. The normalized spacial score (nSPS) is 11.3. The molecule has 0 aliphatic rings. The van der Waals surface area contributed by atoms with Gasteiger partial charge in [0.05, 0.1) is 17.7 Å². The number of amides is 1. The number of hydrogen-bond donors (Lipinski definition) is 1. The summed E-state index contributed by atoms with van der Waals surface area (Å²) in [6, 6.07) is 15.4. The van der Waals surface area contributed by atoms with E-state index in [-0.39, 0.29) is 5.91 Å².